The van der Waals surface area contributed by atoms with Gasteiger partial charge in [0.25, 0.3) is 0 Å². The van der Waals surface area contributed by atoms with Gasteiger partial charge < -0.3 is 15.2 Å². The lowest BCUT2D eigenvalue weighted by Crippen LogP contribution is -2.62. The number of aliphatic hydroxyl groups excluding tert-OH is 1. The van der Waals surface area contributed by atoms with Gasteiger partial charge >= 0.3 is 0 Å². The summed E-state index contributed by atoms with van der Waals surface area (Å²) in [6.07, 6.45) is 2.23. The van der Waals surface area contributed by atoms with Crippen molar-refractivity contribution < 1.29 is 9.84 Å². The topological polar surface area (TPSA) is 41.5 Å². The van der Waals surface area contributed by atoms with Gasteiger partial charge in [0, 0.05) is 18.2 Å². The second-order valence-electron chi connectivity index (χ2n) is 4.22. The minimum atomic E-state index is -0.0615. The summed E-state index contributed by atoms with van der Waals surface area (Å²) in [6, 6.07) is 0.426. The Morgan fingerprint density at radius 2 is 2.15 bits per heavy atom. The number of hydrogen-bond acceptors (Lipinski definition) is 3. The molecule has 3 nitrogen and oxygen atoms in total. The van der Waals surface area contributed by atoms with Gasteiger partial charge in [-0.3, -0.25) is 0 Å². The summed E-state index contributed by atoms with van der Waals surface area (Å²) >= 11 is 0. The van der Waals surface area contributed by atoms with E-state index in [1.54, 1.807) is 0 Å². The first-order valence-electron chi connectivity index (χ1n) is 5.12. The van der Waals surface area contributed by atoms with Crippen LogP contribution in [0.15, 0.2) is 0 Å². The highest BCUT2D eigenvalue weighted by molar-refractivity contribution is 5.02. The molecule has 0 amide bonds. The summed E-state index contributed by atoms with van der Waals surface area (Å²) in [4.78, 5) is 0. The summed E-state index contributed by atoms with van der Waals surface area (Å²) in [5.41, 5.74) is -0.0615. The Bertz CT molecular complexity index is 153. The number of aliphatic hydroxyl groups is 1. The van der Waals surface area contributed by atoms with E-state index >= 15 is 0 Å². The van der Waals surface area contributed by atoms with Gasteiger partial charge in [-0.2, -0.15) is 0 Å². The maximum Gasteiger partial charge on any atom is 0.0615 e. The van der Waals surface area contributed by atoms with Gasteiger partial charge in [0.15, 0.2) is 0 Å². The smallest absolute Gasteiger partial charge is 0.0615 e. The van der Waals surface area contributed by atoms with Crippen molar-refractivity contribution >= 4 is 0 Å². The molecule has 0 aromatic heterocycles. The van der Waals surface area contributed by atoms with Crippen LogP contribution in [0.4, 0.5) is 0 Å². The Labute approximate surface area is 80.5 Å². The zero-order valence-electron chi connectivity index (χ0n) is 8.84. The molecular weight excluding hydrogens is 166 g/mol. The standard InChI is InChI=1S/C10H21NO2/c1-4-13-9-5-10(6-9,7-12)11-8(2)3/h8-9,11-12H,4-7H2,1-3H3. The Hall–Kier alpha value is -0.120. The number of nitrogens with one attached hydrogen (secondary N) is 1. The molecular formula is C10H21NO2. The van der Waals surface area contributed by atoms with E-state index in [9.17, 15) is 5.11 Å². The second-order valence-corrected chi connectivity index (χ2v) is 4.22. The van der Waals surface area contributed by atoms with Gasteiger partial charge in [0.2, 0.25) is 0 Å². The predicted octanol–water partition coefficient (Wildman–Crippen LogP) is 0.914. The SMILES string of the molecule is CCOC1CC(CO)(NC(C)C)C1. The van der Waals surface area contributed by atoms with E-state index < -0.39 is 0 Å². The van der Waals surface area contributed by atoms with Crippen LogP contribution in [0.2, 0.25) is 0 Å². The average molecular weight is 187 g/mol. The highest BCUT2D eigenvalue weighted by Crippen LogP contribution is 2.34. The lowest BCUT2D eigenvalue weighted by atomic mass is 9.74. The van der Waals surface area contributed by atoms with E-state index in [1.165, 1.54) is 0 Å². The van der Waals surface area contributed by atoms with E-state index in [0.29, 0.717) is 12.1 Å². The van der Waals surface area contributed by atoms with Crippen molar-refractivity contribution in [1.29, 1.82) is 0 Å². The van der Waals surface area contributed by atoms with E-state index in [2.05, 4.69) is 19.2 Å². The van der Waals surface area contributed by atoms with E-state index in [4.69, 9.17) is 4.74 Å². The molecule has 1 rings (SSSR count). The van der Waals surface area contributed by atoms with Crippen LogP contribution in [0.5, 0.6) is 0 Å². The van der Waals surface area contributed by atoms with Crippen molar-refractivity contribution in [3.05, 3.63) is 0 Å². The molecule has 1 aliphatic rings. The predicted molar refractivity (Wildman–Crippen MR) is 52.7 cm³/mol. The van der Waals surface area contributed by atoms with Crippen molar-refractivity contribution in [3.63, 3.8) is 0 Å². The molecule has 0 atom stereocenters. The molecule has 0 unspecified atom stereocenters. The van der Waals surface area contributed by atoms with Crippen LogP contribution in [0.1, 0.15) is 33.6 Å². The third-order valence-corrected chi connectivity index (χ3v) is 2.54. The molecule has 13 heavy (non-hydrogen) atoms. The van der Waals surface area contributed by atoms with Crippen molar-refractivity contribution in [1.82, 2.24) is 5.32 Å². The molecule has 3 heteroatoms. The van der Waals surface area contributed by atoms with Crippen molar-refractivity contribution in [2.45, 2.75) is 51.3 Å². The quantitative estimate of drug-likeness (QED) is 0.672. The molecule has 78 valence electrons. The van der Waals surface area contributed by atoms with Crippen LogP contribution in [0, 0.1) is 0 Å². The van der Waals surface area contributed by atoms with Crippen LogP contribution < -0.4 is 5.32 Å². The van der Waals surface area contributed by atoms with Crippen molar-refractivity contribution in [2.75, 3.05) is 13.2 Å². The molecule has 0 heterocycles. The molecule has 2 N–H and O–H groups in total. The van der Waals surface area contributed by atoms with Crippen LogP contribution >= 0.6 is 0 Å². The molecule has 1 saturated carbocycles. The molecule has 0 aromatic carbocycles. The van der Waals surface area contributed by atoms with Gasteiger partial charge in [-0.05, 0) is 19.8 Å². The lowest BCUT2D eigenvalue weighted by molar-refractivity contribution is -0.0718. The van der Waals surface area contributed by atoms with Crippen molar-refractivity contribution in [3.8, 4) is 0 Å². The summed E-state index contributed by atoms with van der Waals surface area (Å²) in [5.74, 6) is 0. The minimum absolute atomic E-state index is 0.0615. The van der Waals surface area contributed by atoms with Gasteiger partial charge in [0.1, 0.15) is 0 Å². The zero-order chi connectivity index (χ0) is 9.90. The monoisotopic (exact) mass is 187 g/mol. The minimum Gasteiger partial charge on any atom is -0.394 e. The fourth-order valence-corrected chi connectivity index (χ4v) is 2.07. The molecule has 0 bridgehead atoms. The maximum absolute atomic E-state index is 9.25. The first-order valence-corrected chi connectivity index (χ1v) is 5.12. The Morgan fingerprint density at radius 3 is 2.54 bits per heavy atom. The molecule has 0 spiro atoms. The summed E-state index contributed by atoms with van der Waals surface area (Å²) in [7, 11) is 0. The molecule has 1 aliphatic carbocycles. The normalized spacial score (nSPS) is 33.5. The van der Waals surface area contributed by atoms with Crippen LogP contribution in [0.25, 0.3) is 0 Å². The Morgan fingerprint density at radius 1 is 1.54 bits per heavy atom. The van der Waals surface area contributed by atoms with Gasteiger partial charge in [0.05, 0.1) is 12.7 Å². The van der Waals surface area contributed by atoms with Gasteiger partial charge in [-0.15, -0.1) is 0 Å². The lowest BCUT2D eigenvalue weighted by Gasteiger charge is -2.48. The van der Waals surface area contributed by atoms with Crippen LogP contribution in [-0.4, -0.2) is 36.0 Å². The molecule has 0 radical (unpaired) electrons. The Kier molecular flexibility index (Phi) is 3.71. The number of ether oxygens (including phenoxy) is 1. The highest BCUT2D eigenvalue weighted by atomic mass is 16.5. The number of hydrogen-bond donors (Lipinski definition) is 2. The third-order valence-electron chi connectivity index (χ3n) is 2.54. The summed E-state index contributed by atoms with van der Waals surface area (Å²) in [5, 5.41) is 12.7. The molecule has 0 aromatic rings. The maximum atomic E-state index is 9.25. The molecule has 0 aliphatic heterocycles. The van der Waals surface area contributed by atoms with Gasteiger partial charge in [-0.25, -0.2) is 0 Å². The largest absolute Gasteiger partial charge is 0.394 e. The van der Waals surface area contributed by atoms with E-state index in [-0.39, 0.29) is 12.1 Å². The Balaban J connectivity index is 2.31. The highest BCUT2D eigenvalue weighted by Gasteiger charge is 2.44. The number of rotatable bonds is 5. The first-order chi connectivity index (χ1) is 6.12. The van der Waals surface area contributed by atoms with Crippen LogP contribution in [0.3, 0.4) is 0 Å². The van der Waals surface area contributed by atoms with E-state index in [1.807, 2.05) is 6.92 Å². The van der Waals surface area contributed by atoms with Crippen LogP contribution in [-0.2, 0) is 4.74 Å². The molecule has 1 fully saturated rings. The average Bonchev–Trinajstić information content (AvgIpc) is 1.99. The first kappa shape index (κ1) is 11.0. The summed E-state index contributed by atoms with van der Waals surface area (Å²) < 4.78 is 5.47. The van der Waals surface area contributed by atoms with E-state index in [0.717, 1.165) is 19.4 Å². The fourth-order valence-electron chi connectivity index (χ4n) is 2.07. The fraction of sp³-hybridized carbons (Fsp3) is 1.00. The third kappa shape index (κ3) is 2.66. The zero-order valence-corrected chi connectivity index (χ0v) is 8.84. The van der Waals surface area contributed by atoms with Crippen molar-refractivity contribution in [2.24, 2.45) is 0 Å². The second kappa shape index (κ2) is 4.40. The summed E-state index contributed by atoms with van der Waals surface area (Å²) in [6.45, 7) is 7.20. The van der Waals surface area contributed by atoms with Gasteiger partial charge in [-0.1, -0.05) is 13.8 Å². The molecule has 0 saturated heterocycles.